The average Bonchev–Trinajstić information content (AvgIpc) is 3.01. The van der Waals surface area contributed by atoms with E-state index in [0.29, 0.717) is 61.4 Å². The van der Waals surface area contributed by atoms with Crippen LogP contribution in [0.4, 0.5) is 0 Å². The summed E-state index contributed by atoms with van der Waals surface area (Å²) in [5.74, 6) is 1.32. The smallest absolute Gasteiger partial charge is 0.287 e. The third kappa shape index (κ3) is 4.56. The molecular formula is C22H25ClN2O5. The first-order chi connectivity index (χ1) is 14.5. The van der Waals surface area contributed by atoms with Crippen LogP contribution >= 0.6 is 11.6 Å². The highest BCUT2D eigenvalue weighted by atomic mass is 35.5. The lowest BCUT2D eigenvalue weighted by Gasteiger charge is -2.32. The summed E-state index contributed by atoms with van der Waals surface area (Å²) in [6, 6.07) is 5.40. The summed E-state index contributed by atoms with van der Waals surface area (Å²) in [7, 11) is 0. The van der Waals surface area contributed by atoms with E-state index in [1.165, 1.54) is 6.26 Å². The van der Waals surface area contributed by atoms with Gasteiger partial charge in [0.2, 0.25) is 5.91 Å². The highest BCUT2D eigenvalue weighted by molar-refractivity contribution is 6.32. The van der Waals surface area contributed by atoms with Gasteiger partial charge < -0.3 is 24.1 Å². The number of carbonyl (C=O) groups excluding carboxylic acids is 2. The molecule has 0 aliphatic carbocycles. The van der Waals surface area contributed by atoms with Crippen molar-refractivity contribution in [2.45, 2.75) is 38.6 Å². The molecule has 2 aromatic rings. The Kier molecular flexibility index (Phi) is 6.18. The first-order valence-corrected chi connectivity index (χ1v) is 10.6. The van der Waals surface area contributed by atoms with E-state index >= 15 is 0 Å². The highest BCUT2D eigenvalue weighted by Gasteiger charge is 2.26. The van der Waals surface area contributed by atoms with Gasteiger partial charge in [0.1, 0.15) is 0 Å². The zero-order chi connectivity index (χ0) is 21.1. The number of nitrogens with zero attached hydrogens (tertiary/aromatic N) is 1. The number of carbonyl (C=O) groups is 2. The maximum atomic E-state index is 12.8. The van der Waals surface area contributed by atoms with Crippen LogP contribution in [0.3, 0.4) is 0 Å². The van der Waals surface area contributed by atoms with Crippen LogP contribution in [0.5, 0.6) is 11.5 Å². The van der Waals surface area contributed by atoms with Crippen molar-refractivity contribution in [3.8, 4) is 11.5 Å². The van der Waals surface area contributed by atoms with Gasteiger partial charge in [0.25, 0.3) is 5.91 Å². The molecule has 160 valence electrons. The van der Waals surface area contributed by atoms with Gasteiger partial charge in [-0.3, -0.25) is 9.59 Å². The van der Waals surface area contributed by atoms with Gasteiger partial charge >= 0.3 is 0 Å². The molecule has 2 aliphatic rings. The number of aryl methyl sites for hydroxylation is 1. The van der Waals surface area contributed by atoms with Crippen LogP contribution in [0.1, 0.15) is 40.9 Å². The average molecular weight is 433 g/mol. The molecule has 1 N–H and O–H groups in total. The molecule has 3 heterocycles. The fourth-order valence-corrected chi connectivity index (χ4v) is 4.09. The molecule has 30 heavy (non-hydrogen) atoms. The number of fused-ring (bicyclic) bond motifs is 1. The predicted octanol–water partition coefficient (Wildman–Crippen LogP) is 3.37. The number of benzene rings is 1. The molecule has 2 amide bonds. The van der Waals surface area contributed by atoms with E-state index in [9.17, 15) is 9.59 Å². The Bertz CT molecular complexity index is 934. The second-order valence-electron chi connectivity index (χ2n) is 7.69. The standard InChI is InChI=1S/C22H25ClN2O5/c1-14-5-10-30-20(14)22(27)24-16-3-6-25(7-4-16)19(26)13-15-11-17(23)21-18(12-15)28-8-2-9-29-21/h5,10-12,16H,2-4,6-9,13H2,1H3,(H,24,27). The van der Waals surface area contributed by atoms with Gasteiger partial charge in [-0.25, -0.2) is 0 Å². The van der Waals surface area contributed by atoms with Crippen LogP contribution in [0.15, 0.2) is 28.9 Å². The zero-order valence-electron chi connectivity index (χ0n) is 16.9. The van der Waals surface area contributed by atoms with Crippen molar-refractivity contribution in [3.05, 3.63) is 46.4 Å². The normalized spacial score (nSPS) is 16.8. The molecule has 2 aliphatic heterocycles. The molecule has 0 atom stereocenters. The summed E-state index contributed by atoms with van der Waals surface area (Å²) in [4.78, 5) is 26.9. The fraction of sp³-hybridized carbons (Fsp3) is 0.455. The molecular weight excluding hydrogens is 408 g/mol. The summed E-state index contributed by atoms with van der Waals surface area (Å²) < 4.78 is 16.6. The maximum absolute atomic E-state index is 12.8. The van der Waals surface area contributed by atoms with E-state index in [2.05, 4.69) is 5.32 Å². The largest absolute Gasteiger partial charge is 0.489 e. The van der Waals surface area contributed by atoms with E-state index in [1.54, 1.807) is 12.1 Å². The highest BCUT2D eigenvalue weighted by Crippen LogP contribution is 2.38. The number of ether oxygens (including phenoxy) is 2. The number of piperidine rings is 1. The SMILES string of the molecule is Cc1ccoc1C(=O)NC1CCN(C(=O)Cc2cc(Cl)c3c(c2)OCCCO3)CC1. The number of hydrogen-bond acceptors (Lipinski definition) is 5. The Morgan fingerprint density at radius 1 is 1.20 bits per heavy atom. The number of hydrogen-bond donors (Lipinski definition) is 1. The quantitative estimate of drug-likeness (QED) is 0.801. The molecule has 0 radical (unpaired) electrons. The Morgan fingerprint density at radius 3 is 2.70 bits per heavy atom. The first kappa shape index (κ1) is 20.6. The summed E-state index contributed by atoms with van der Waals surface area (Å²) in [5.41, 5.74) is 1.62. The van der Waals surface area contributed by atoms with Crippen molar-refractivity contribution in [2.24, 2.45) is 0 Å². The molecule has 0 saturated carbocycles. The number of halogens is 1. The molecule has 0 spiro atoms. The summed E-state index contributed by atoms with van der Waals surface area (Å²) in [6.07, 6.45) is 3.97. The fourth-order valence-electron chi connectivity index (χ4n) is 3.80. The van der Waals surface area contributed by atoms with Crippen molar-refractivity contribution < 1.29 is 23.5 Å². The number of likely N-dealkylation sites (tertiary alicyclic amines) is 1. The molecule has 1 aromatic carbocycles. The van der Waals surface area contributed by atoms with Gasteiger partial charge in [-0.2, -0.15) is 0 Å². The van der Waals surface area contributed by atoms with E-state index in [1.807, 2.05) is 17.9 Å². The molecule has 4 rings (SSSR count). The lowest BCUT2D eigenvalue weighted by molar-refractivity contribution is -0.131. The number of amides is 2. The lowest BCUT2D eigenvalue weighted by Crippen LogP contribution is -2.47. The minimum absolute atomic E-state index is 0.0264. The first-order valence-electron chi connectivity index (χ1n) is 10.2. The molecule has 1 aromatic heterocycles. The second kappa shape index (κ2) is 9.00. The molecule has 0 bridgehead atoms. The van der Waals surface area contributed by atoms with E-state index in [0.717, 1.165) is 17.5 Å². The van der Waals surface area contributed by atoms with Gasteiger partial charge in [0.15, 0.2) is 17.3 Å². The van der Waals surface area contributed by atoms with Gasteiger partial charge in [0.05, 0.1) is 30.9 Å². The van der Waals surface area contributed by atoms with Crippen LogP contribution < -0.4 is 14.8 Å². The van der Waals surface area contributed by atoms with Gasteiger partial charge in [-0.05, 0) is 43.5 Å². The molecule has 1 saturated heterocycles. The topological polar surface area (TPSA) is 81.0 Å². The third-order valence-electron chi connectivity index (χ3n) is 5.47. The van der Waals surface area contributed by atoms with Crippen LogP contribution in [-0.2, 0) is 11.2 Å². The van der Waals surface area contributed by atoms with Crippen molar-refractivity contribution in [1.29, 1.82) is 0 Å². The van der Waals surface area contributed by atoms with Crippen molar-refractivity contribution in [3.63, 3.8) is 0 Å². The minimum Gasteiger partial charge on any atom is -0.489 e. The van der Waals surface area contributed by atoms with Crippen LogP contribution in [0.2, 0.25) is 5.02 Å². The minimum atomic E-state index is -0.205. The van der Waals surface area contributed by atoms with Crippen molar-refractivity contribution >= 4 is 23.4 Å². The van der Waals surface area contributed by atoms with Crippen molar-refractivity contribution in [1.82, 2.24) is 10.2 Å². The Morgan fingerprint density at radius 2 is 1.97 bits per heavy atom. The number of rotatable bonds is 4. The Balaban J connectivity index is 1.31. The van der Waals surface area contributed by atoms with Crippen LogP contribution in [0, 0.1) is 6.92 Å². The van der Waals surface area contributed by atoms with E-state index < -0.39 is 0 Å². The summed E-state index contributed by atoms with van der Waals surface area (Å²) in [5, 5.41) is 3.46. The second-order valence-corrected chi connectivity index (χ2v) is 8.10. The zero-order valence-corrected chi connectivity index (χ0v) is 17.7. The Labute approximate surface area is 180 Å². The van der Waals surface area contributed by atoms with E-state index in [-0.39, 0.29) is 24.3 Å². The lowest BCUT2D eigenvalue weighted by atomic mass is 10.0. The molecule has 7 nitrogen and oxygen atoms in total. The van der Waals surface area contributed by atoms with Crippen LogP contribution in [0.25, 0.3) is 0 Å². The van der Waals surface area contributed by atoms with Gasteiger partial charge in [-0.1, -0.05) is 11.6 Å². The van der Waals surface area contributed by atoms with Gasteiger partial charge in [0, 0.05) is 31.1 Å². The van der Waals surface area contributed by atoms with Crippen molar-refractivity contribution in [2.75, 3.05) is 26.3 Å². The Hall–Kier alpha value is -2.67. The summed E-state index contributed by atoms with van der Waals surface area (Å²) >= 11 is 6.33. The van der Waals surface area contributed by atoms with Crippen LogP contribution in [-0.4, -0.2) is 49.1 Å². The summed E-state index contributed by atoms with van der Waals surface area (Å²) in [6.45, 7) is 4.16. The maximum Gasteiger partial charge on any atom is 0.287 e. The number of furan rings is 1. The molecule has 8 heteroatoms. The molecule has 0 unspecified atom stereocenters. The van der Waals surface area contributed by atoms with Gasteiger partial charge in [-0.15, -0.1) is 0 Å². The predicted molar refractivity (Wildman–Crippen MR) is 111 cm³/mol. The van der Waals surface area contributed by atoms with E-state index in [4.69, 9.17) is 25.5 Å². The number of nitrogens with one attached hydrogen (secondary N) is 1. The monoisotopic (exact) mass is 432 g/mol. The third-order valence-corrected chi connectivity index (χ3v) is 5.75. The molecule has 1 fully saturated rings.